The van der Waals surface area contributed by atoms with Gasteiger partial charge in [-0.1, -0.05) is 19.1 Å². The summed E-state index contributed by atoms with van der Waals surface area (Å²) in [5, 5.41) is 2.92. The number of nitrogens with zero attached hydrogens (tertiary/aromatic N) is 2. The highest BCUT2D eigenvalue weighted by Gasteiger charge is 2.49. The van der Waals surface area contributed by atoms with E-state index in [9.17, 15) is 9.59 Å². The summed E-state index contributed by atoms with van der Waals surface area (Å²) in [6, 6.07) is 5.68. The van der Waals surface area contributed by atoms with Gasteiger partial charge in [0.1, 0.15) is 0 Å². The monoisotopic (exact) mass is 389 g/mol. The van der Waals surface area contributed by atoms with Gasteiger partial charge in [0.15, 0.2) is 11.5 Å². The van der Waals surface area contributed by atoms with Crippen LogP contribution >= 0.6 is 0 Å². The van der Waals surface area contributed by atoms with Crippen molar-refractivity contribution in [3.8, 4) is 11.5 Å². The summed E-state index contributed by atoms with van der Waals surface area (Å²) in [7, 11) is 3.23. The van der Waals surface area contributed by atoms with Crippen molar-refractivity contribution in [3.05, 3.63) is 23.8 Å². The van der Waals surface area contributed by atoms with Gasteiger partial charge >= 0.3 is 6.03 Å². The first-order valence-corrected chi connectivity index (χ1v) is 10.1. The summed E-state index contributed by atoms with van der Waals surface area (Å²) in [6.07, 6.45) is 3.43. The lowest BCUT2D eigenvalue weighted by Crippen LogP contribution is -2.50. The molecular weight excluding hydrogens is 358 g/mol. The average molecular weight is 389 g/mol. The fourth-order valence-electron chi connectivity index (χ4n) is 4.36. The van der Waals surface area contributed by atoms with Gasteiger partial charge in [-0.05, 0) is 31.7 Å². The van der Waals surface area contributed by atoms with E-state index in [4.69, 9.17) is 9.47 Å². The molecule has 1 aromatic rings. The average Bonchev–Trinajstić information content (AvgIpc) is 3.14. The maximum absolute atomic E-state index is 13.4. The largest absolute Gasteiger partial charge is 0.493 e. The molecule has 154 valence electrons. The maximum atomic E-state index is 13.4. The number of piperidine rings is 1. The lowest BCUT2D eigenvalue weighted by Gasteiger charge is -2.39. The zero-order chi connectivity index (χ0) is 20.1. The van der Waals surface area contributed by atoms with Crippen molar-refractivity contribution >= 4 is 11.9 Å². The molecule has 0 aromatic heterocycles. The van der Waals surface area contributed by atoms with Gasteiger partial charge in [-0.2, -0.15) is 0 Å². The molecule has 7 heteroatoms. The van der Waals surface area contributed by atoms with Crippen LogP contribution in [0.2, 0.25) is 0 Å². The van der Waals surface area contributed by atoms with E-state index in [1.807, 2.05) is 30.0 Å². The molecule has 2 fully saturated rings. The molecule has 2 aliphatic rings. The number of para-hydroxylation sites is 1. The Morgan fingerprint density at radius 2 is 2.04 bits per heavy atom. The Morgan fingerprint density at radius 1 is 1.21 bits per heavy atom. The third kappa shape index (κ3) is 3.88. The minimum absolute atomic E-state index is 0.0573. The number of nitrogens with one attached hydrogen (secondary N) is 1. The van der Waals surface area contributed by atoms with Gasteiger partial charge in [0.25, 0.3) is 0 Å². The van der Waals surface area contributed by atoms with Crippen LogP contribution in [0.4, 0.5) is 4.79 Å². The molecule has 28 heavy (non-hydrogen) atoms. The summed E-state index contributed by atoms with van der Waals surface area (Å²) in [4.78, 5) is 29.4. The number of hydrogen-bond acceptors (Lipinski definition) is 4. The third-order valence-corrected chi connectivity index (χ3v) is 5.84. The molecule has 1 atom stereocenters. The predicted octanol–water partition coefficient (Wildman–Crippen LogP) is 2.64. The summed E-state index contributed by atoms with van der Waals surface area (Å²) in [6.45, 7) is 5.05. The quantitative estimate of drug-likeness (QED) is 0.812. The number of carbonyl (C=O) groups excluding carboxylic acids is 2. The number of methoxy groups -OCH3 is 2. The summed E-state index contributed by atoms with van der Waals surface area (Å²) in [5.41, 5.74) is 0.483. The number of likely N-dealkylation sites (tertiary alicyclic amines) is 2. The van der Waals surface area contributed by atoms with Gasteiger partial charge in [0, 0.05) is 38.3 Å². The smallest absolute Gasteiger partial charge is 0.317 e. The second-order valence-electron chi connectivity index (χ2n) is 7.67. The number of benzene rings is 1. The van der Waals surface area contributed by atoms with Crippen LogP contribution in [0.15, 0.2) is 18.2 Å². The van der Waals surface area contributed by atoms with Gasteiger partial charge in [0.2, 0.25) is 5.91 Å². The van der Waals surface area contributed by atoms with Crippen molar-refractivity contribution in [2.75, 3.05) is 40.4 Å². The fourth-order valence-corrected chi connectivity index (χ4v) is 4.36. The fraction of sp³-hybridized carbons (Fsp3) is 0.619. The van der Waals surface area contributed by atoms with Crippen LogP contribution in [0, 0.1) is 5.41 Å². The molecule has 0 saturated carbocycles. The van der Waals surface area contributed by atoms with Crippen molar-refractivity contribution in [1.82, 2.24) is 15.1 Å². The Labute approximate surface area is 167 Å². The van der Waals surface area contributed by atoms with E-state index in [2.05, 4.69) is 5.32 Å². The second kappa shape index (κ2) is 8.71. The molecule has 1 aromatic carbocycles. The van der Waals surface area contributed by atoms with Crippen molar-refractivity contribution in [2.24, 2.45) is 5.41 Å². The van der Waals surface area contributed by atoms with Crippen molar-refractivity contribution in [3.63, 3.8) is 0 Å². The summed E-state index contributed by atoms with van der Waals surface area (Å²) in [5.74, 6) is 1.48. The SMILES string of the molecule is CCCNC(=O)N1CCC2(CCCN(Cc3cccc(OC)c3OC)C2=O)C1. The predicted molar refractivity (Wildman–Crippen MR) is 107 cm³/mol. The van der Waals surface area contributed by atoms with E-state index in [1.54, 1.807) is 19.1 Å². The molecule has 3 rings (SSSR count). The molecule has 0 aliphatic carbocycles. The zero-order valence-corrected chi connectivity index (χ0v) is 17.1. The minimum atomic E-state index is -0.450. The first-order valence-electron chi connectivity index (χ1n) is 10.1. The molecular formula is C21H31N3O4. The van der Waals surface area contributed by atoms with E-state index in [1.165, 1.54) is 0 Å². The van der Waals surface area contributed by atoms with E-state index >= 15 is 0 Å². The lowest BCUT2D eigenvalue weighted by molar-refractivity contribution is -0.146. The summed E-state index contributed by atoms with van der Waals surface area (Å²) >= 11 is 0. The minimum Gasteiger partial charge on any atom is -0.493 e. The standard InChI is InChI=1S/C21H31N3O4/c1-4-11-22-20(26)24-13-10-21(15-24)9-6-12-23(19(21)25)14-16-7-5-8-17(27-2)18(16)28-3/h5,7-8H,4,6,9-15H2,1-3H3,(H,22,26). The number of ether oxygens (including phenoxy) is 2. The van der Waals surface area contributed by atoms with Gasteiger partial charge in [-0.15, -0.1) is 0 Å². The molecule has 3 amide bonds. The van der Waals surface area contributed by atoms with Gasteiger partial charge < -0.3 is 24.6 Å². The first kappa shape index (κ1) is 20.3. The van der Waals surface area contributed by atoms with Crippen molar-refractivity contribution < 1.29 is 19.1 Å². The van der Waals surface area contributed by atoms with Crippen LogP contribution in [0.25, 0.3) is 0 Å². The van der Waals surface area contributed by atoms with E-state index in [-0.39, 0.29) is 11.9 Å². The zero-order valence-electron chi connectivity index (χ0n) is 17.1. The molecule has 1 spiro atoms. The number of rotatable bonds is 6. The van der Waals surface area contributed by atoms with Crippen LogP contribution in [0.3, 0.4) is 0 Å². The summed E-state index contributed by atoms with van der Waals surface area (Å²) < 4.78 is 10.9. The van der Waals surface area contributed by atoms with Crippen LogP contribution in [-0.2, 0) is 11.3 Å². The Balaban J connectivity index is 1.73. The topological polar surface area (TPSA) is 71.1 Å². The maximum Gasteiger partial charge on any atom is 0.317 e. The van der Waals surface area contributed by atoms with Crippen LogP contribution in [0.1, 0.15) is 38.2 Å². The number of carbonyl (C=O) groups is 2. The van der Waals surface area contributed by atoms with Crippen LogP contribution in [-0.4, -0.2) is 62.1 Å². The normalized spacial score (nSPS) is 21.9. The third-order valence-electron chi connectivity index (χ3n) is 5.84. The number of urea groups is 1. The lowest BCUT2D eigenvalue weighted by atomic mass is 9.78. The van der Waals surface area contributed by atoms with E-state index in [0.717, 1.165) is 37.8 Å². The molecule has 7 nitrogen and oxygen atoms in total. The Hall–Kier alpha value is -2.44. The van der Waals surface area contributed by atoms with Crippen LogP contribution in [0.5, 0.6) is 11.5 Å². The first-order chi connectivity index (χ1) is 13.5. The van der Waals surface area contributed by atoms with Crippen LogP contribution < -0.4 is 14.8 Å². The molecule has 1 unspecified atom stereocenters. The van der Waals surface area contributed by atoms with Crippen molar-refractivity contribution in [1.29, 1.82) is 0 Å². The number of amides is 3. The Morgan fingerprint density at radius 3 is 2.75 bits per heavy atom. The van der Waals surface area contributed by atoms with Gasteiger partial charge in [-0.25, -0.2) is 4.79 Å². The highest BCUT2D eigenvalue weighted by Crippen LogP contribution is 2.41. The van der Waals surface area contributed by atoms with Crippen molar-refractivity contribution in [2.45, 2.75) is 39.2 Å². The highest BCUT2D eigenvalue weighted by molar-refractivity contribution is 5.86. The molecule has 2 aliphatic heterocycles. The molecule has 1 N–H and O–H groups in total. The van der Waals surface area contributed by atoms with Gasteiger partial charge in [0.05, 0.1) is 19.6 Å². The van der Waals surface area contributed by atoms with Gasteiger partial charge in [-0.3, -0.25) is 4.79 Å². The molecule has 0 radical (unpaired) electrons. The number of hydrogen-bond donors (Lipinski definition) is 1. The second-order valence-corrected chi connectivity index (χ2v) is 7.67. The molecule has 2 saturated heterocycles. The highest BCUT2D eigenvalue weighted by atomic mass is 16.5. The van der Waals surface area contributed by atoms with E-state index in [0.29, 0.717) is 37.7 Å². The Kier molecular flexibility index (Phi) is 6.31. The van der Waals surface area contributed by atoms with E-state index < -0.39 is 5.41 Å². The Bertz CT molecular complexity index is 724. The molecule has 2 heterocycles. The molecule has 0 bridgehead atoms.